The molecule has 0 N–H and O–H groups in total. The van der Waals surface area contributed by atoms with Crippen molar-refractivity contribution in [3.8, 4) is 0 Å². The predicted molar refractivity (Wildman–Crippen MR) is 90.4 cm³/mol. The van der Waals surface area contributed by atoms with E-state index in [9.17, 15) is 9.36 Å². The highest BCUT2D eigenvalue weighted by molar-refractivity contribution is 7.70. The molecule has 0 aromatic heterocycles. The van der Waals surface area contributed by atoms with Gasteiger partial charge in [0.1, 0.15) is 12.7 Å². The lowest BCUT2D eigenvalue weighted by molar-refractivity contribution is 0.0225. The van der Waals surface area contributed by atoms with E-state index in [1.54, 1.807) is 18.2 Å². The Balaban J connectivity index is 2.33. The van der Waals surface area contributed by atoms with E-state index in [0.717, 1.165) is 23.7 Å². The summed E-state index contributed by atoms with van der Waals surface area (Å²) in [7, 11) is -2.38. The van der Waals surface area contributed by atoms with Crippen LogP contribution >= 0.6 is 7.14 Å². The first-order chi connectivity index (χ1) is 10.1. The van der Waals surface area contributed by atoms with E-state index in [2.05, 4.69) is 0 Å². The number of rotatable bonds is 2. The molecule has 0 saturated carbocycles. The molecule has 0 unspecified atom stereocenters. The van der Waals surface area contributed by atoms with Crippen LogP contribution in [0.5, 0.6) is 0 Å². The molecule has 1 heterocycles. The molecule has 5 heteroatoms. The van der Waals surface area contributed by atoms with Crippen LogP contribution in [-0.2, 0) is 9.30 Å². The van der Waals surface area contributed by atoms with Gasteiger partial charge in [0.05, 0.1) is 6.04 Å². The second-order valence-electron chi connectivity index (χ2n) is 7.24. The van der Waals surface area contributed by atoms with Gasteiger partial charge in [-0.05, 0) is 52.5 Å². The number of ether oxygens (including phenoxy) is 1. The van der Waals surface area contributed by atoms with Crippen molar-refractivity contribution in [2.24, 2.45) is 0 Å². The minimum Gasteiger partial charge on any atom is -0.444 e. The van der Waals surface area contributed by atoms with E-state index in [0.29, 0.717) is 6.54 Å². The third-order valence-corrected chi connectivity index (χ3v) is 5.32. The Hall–Kier alpha value is -1.28. The fourth-order valence-corrected chi connectivity index (χ4v) is 4.18. The van der Waals surface area contributed by atoms with Gasteiger partial charge < -0.3 is 14.2 Å². The zero-order valence-electron chi connectivity index (χ0n) is 14.1. The molecular weight excluding hydrogens is 297 g/mol. The maximum absolute atomic E-state index is 12.6. The van der Waals surface area contributed by atoms with Gasteiger partial charge in [-0.25, -0.2) is 4.79 Å². The summed E-state index contributed by atoms with van der Waals surface area (Å²) in [6.07, 6.45) is 1.54. The van der Waals surface area contributed by atoms with Crippen molar-refractivity contribution in [2.45, 2.75) is 45.3 Å². The summed E-state index contributed by atoms with van der Waals surface area (Å²) in [5, 5.41) is 0.871. The third kappa shape index (κ3) is 3.92. The molecule has 1 atom stereocenters. The summed E-state index contributed by atoms with van der Waals surface area (Å²) >= 11 is 0. The Kier molecular flexibility index (Phi) is 4.72. The van der Waals surface area contributed by atoms with E-state index in [4.69, 9.17) is 4.74 Å². The van der Waals surface area contributed by atoms with Crippen LogP contribution in [0.15, 0.2) is 24.3 Å². The van der Waals surface area contributed by atoms with Gasteiger partial charge in [-0.15, -0.1) is 0 Å². The molecule has 1 aliphatic rings. The van der Waals surface area contributed by atoms with Crippen LogP contribution in [0.4, 0.5) is 4.79 Å². The molecule has 1 amide bonds. The van der Waals surface area contributed by atoms with Gasteiger partial charge in [0, 0.05) is 11.8 Å². The monoisotopic (exact) mass is 323 g/mol. The Morgan fingerprint density at radius 3 is 2.50 bits per heavy atom. The van der Waals surface area contributed by atoms with Gasteiger partial charge in [-0.2, -0.15) is 0 Å². The van der Waals surface area contributed by atoms with Crippen LogP contribution in [0.3, 0.4) is 0 Å². The Bertz CT molecular complexity index is 600. The number of amides is 1. The molecule has 1 saturated heterocycles. The van der Waals surface area contributed by atoms with E-state index >= 15 is 0 Å². The van der Waals surface area contributed by atoms with Crippen LogP contribution in [-0.4, -0.2) is 36.5 Å². The molecule has 0 aliphatic carbocycles. The SMILES string of the molecule is CC(C)(C)OC(=O)N1CCC[C@H]1c1ccccc1P(C)(C)=O. The Labute approximate surface area is 133 Å². The number of nitrogens with zero attached hydrogens (tertiary/aromatic N) is 1. The largest absolute Gasteiger partial charge is 0.444 e. The summed E-state index contributed by atoms with van der Waals surface area (Å²) in [6, 6.07) is 7.72. The van der Waals surface area contributed by atoms with Crippen molar-refractivity contribution in [3.63, 3.8) is 0 Å². The quantitative estimate of drug-likeness (QED) is 0.773. The van der Waals surface area contributed by atoms with Gasteiger partial charge in [0.15, 0.2) is 0 Å². The van der Waals surface area contributed by atoms with Crippen molar-refractivity contribution < 1.29 is 14.1 Å². The van der Waals surface area contributed by atoms with Gasteiger partial charge in [-0.1, -0.05) is 24.3 Å². The zero-order chi connectivity index (χ0) is 16.5. The summed E-state index contributed by atoms with van der Waals surface area (Å²) in [4.78, 5) is 14.2. The van der Waals surface area contributed by atoms with Crippen LogP contribution in [0, 0.1) is 0 Å². The molecule has 0 radical (unpaired) electrons. The highest BCUT2D eigenvalue weighted by Crippen LogP contribution is 2.41. The molecule has 1 fully saturated rings. The second kappa shape index (κ2) is 6.08. The molecule has 0 spiro atoms. The molecule has 1 aromatic carbocycles. The second-order valence-corrected chi connectivity index (χ2v) is 10.4. The molecule has 4 nitrogen and oxygen atoms in total. The predicted octanol–water partition coefficient (Wildman–Crippen LogP) is 4.01. The van der Waals surface area contributed by atoms with Crippen molar-refractivity contribution in [3.05, 3.63) is 29.8 Å². The molecule has 1 aliphatic heterocycles. The number of carbonyl (C=O) groups is 1. The van der Waals surface area contributed by atoms with Crippen LogP contribution in [0.2, 0.25) is 0 Å². The summed E-state index contributed by atoms with van der Waals surface area (Å²) in [6.45, 7) is 9.85. The first kappa shape index (κ1) is 17.1. The number of hydrogen-bond acceptors (Lipinski definition) is 3. The first-order valence-electron chi connectivity index (χ1n) is 7.74. The van der Waals surface area contributed by atoms with Crippen LogP contribution < -0.4 is 5.30 Å². The van der Waals surface area contributed by atoms with Gasteiger partial charge in [0.25, 0.3) is 0 Å². The minimum atomic E-state index is -2.38. The zero-order valence-corrected chi connectivity index (χ0v) is 15.0. The highest BCUT2D eigenvalue weighted by Gasteiger charge is 2.35. The molecule has 22 heavy (non-hydrogen) atoms. The highest BCUT2D eigenvalue weighted by atomic mass is 31.2. The number of hydrogen-bond donors (Lipinski definition) is 0. The van der Waals surface area contributed by atoms with E-state index in [1.165, 1.54) is 0 Å². The lowest BCUT2D eigenvalue weighted by atomic mass is 10.0. The number of likely N-dealkylation sites (tertiary alicyclic amines) is 1. The van der Waals surface area contributed by atoms with Crippen molar-refractivity contribution in [1.29, 1.82) is 0 Å². The lowest BCUT2D eigenvalue weighted by Crippen LogP contribution is -2.37. The van der Waals surface area contributed by atoms with Crippen LogP contribution in [0.25, 0.3) is 0 Å². The number of benzene rings is 1. The smallest absolute Gasteiger partial charge is 0.410 e. The third-order valence-electron chi connectivity index (χ3n) is 3.76. The molecule has 1 aromatic rings. The summed E-state index contributed by atoms with van der Waals surface area (Å²) < 4.78 is 18.1. The van der Waals surface area contributed by atoms with Gasteiger partial charge in [-0.3, -0.25) is 0 Å². The minimum absolute atomic E-state index is 0.0423. The van der Waals surface area contributed by atoms with Crippen molar-refractivity contribution >= 4 is 18.5 Å². The number of carbonyl (C=O) groups excluding carboxylic acids is 1. The molecule has 122 valence electrons. The lowest BCUT2D eigenvalue weighted by Gasteiger charge is -2.30. The van der Waals surface area contributed by atoms with E-state index in [-0.39, 0.29) is 12.1 Å². The molecule has 0 bridgehead atoms. The summed E-state index contributed by atoms with van der Waals surface area (Å²) in [5.41, 5.74) is 0.494. The maximum atomic E-state index is 12.6. The van der Waals surface area contributed by atoms with Crippen molar-refractivity contribution in [2.75, 3.05) is 19.9 Å². The molecule has 2 rings (SSSR count). The van der Waals surface area contributed by atoms with Gasteiger partial charge in [0.2, 0.25) is 0 Å². The first-order valence-corrected chi connectivity index (χ1v) is 10.3. The maximum Gasteiger partial charge on any atom is 0.410 e. The topological polar surface area (TPSA) is 46.6 Å². The average molecular weight is 323 g/mol. The Morgan fingerprint density at radius 2 is 1.91 bits per heavy atom. The molecular formula is C17H26NO3P. The Morgan fingerprint density at radius 1 is 1.27 bits per heavy atom. The summed E-state index contributed by atoms with van der Waals surface area (Å²) in [5.74, 6) is 0. The fraction of sp³-hybridized carbons (Fsp3) is 0.588. The fourth-order valence-electron chi connectivity index (χ4n) is 2.89. The van der Waals surface area contributed by atoms with E-state index < -0.39 is 12.7 Å². The normalized spacial score (nSPS) is 19.3. The van der Waals surface area contributed by atoms with Crippen molar-refractivity contribution in [1.82, 2.24) is 4.90 Å². The van der Waals surface area contributed by atoms with Crippen LogP contribution in [0.1, 0.15) is 45.2 Å². The average Bonchev–Trinajstić information content (AvgIpc) is 2.84. The standard InChI is InChI=1S/C17H26NO3P/c1-17(2,3)21-16(19)18-12-8-10-14(18)13-9-6-7-11-15(13)22(4,5)20/h6-7,9,11,14H,8,10,12H2,1-5H3/t14-/m0/s1. The van der Waals surface area contributed by atoms with Gasteiger partial charge >= 0.3 is 6.09 Å². The van der Waals surface area contributed by atoms with E-state index in [1.807, 2.05) is 45.0 Å².